The van der Waals surface area contributed by atoms with Crippen LogP contribution in [-0.4, -0.2) is 23.7 Å². The first kappa shape index (κ1) is 14.1. The third-order valence-electron chi connectivity index (χ3n) is 3.82. The van der Waals surface area contributed by atoms with Crippen LogP contribution < -0.4 is 5.32 Å². The molecule has 0 aromatic heterocycles. The lowest BCUT2D eigenvalue weighted by atomic mass is 9.94. The number of aliphatic hydroxyl groups excluding tert-OH is 1. The van der Waals surface area contributed by atoms with Gasteiger partial charge >= 0.3 is 0 Å². The Morgan fingerprint density at radius 2 is 1.95 bits per heavy atom. The van der Waals surface area contributed by atoms with Gasteiger partial charge in [0.2, 0.25) is 5.91 Å². The molecule has 1 fully saturated rings. The highest BCUT2D eigenvalue weighted by Crippen LogP contribution is 2.48. The van der Waals surface area contributed by atoms with Crippen LogP contribution in [0.2, 0.25) is 0 Å². The summed E-state index contributed by atoms with van der Waals surface area (Å²) in [5.74, 6) is 0.530. The van der Waals surface area contributed by atoms with Crippen molar-refractivity contribution in [1.29, 1.82) is 0 Å². The molecule has 0 spiro atoms. The SMILES string of the molecule is CC(C)CC(CO)NC(=O)C1(c2ccccc2)CC1. The van der Waals surface area contributed by atoms with Gasteiger partial charge in [-0.15, -0.1) is 0 Å². The fourth-order valence-electron chi connectivity index (χ4n) is 2.60. The van der Waals surface area contributed by atoms with E-state index in [0.717, 1.165) is 24.8 Å². The van der Waals surface area contributed by atoms with Gasteiger partial charge in [0.1, 0.15) is 0 Å². The van der Waals surface area contributed by atoms with Gasteiger partial charge < -0.3 is 10.4 Å². The normalized spacial score (nSPS) is 18.1. The van der Waals surface area contributed by atoms with E-state index >= 15 is 0 Å². The maximum Gasteiger partial charge on any atom is 0.230 e. The summed E-state index contributed by atoms with van der Waals surface area (Å²) in [6.07, 6.45) is 2.62. The molecule has 19 heavy (non-hydrogen) atoms. The van der Waals surface area contributed by atoms with Gasteiger partial charge in [0.25, 0.3) is 0 Å². The van der Waals surface area contributed by atoms with Crippen molar-refractivity contribution < 1.29 is 9.90 Å². The number of hydrogen-bond donors (Lipinski definition) is 2. The highest BCUT2D eigenvalue weighted by molar-refractivity contribution is 5.91. The lowest BCUT2D eigenvalue weighted by Gasteiger charge is -2.22. The van der Waals surface area contributed by atoms with E-state index in [4.69, 9.17) is 0 Å². The molecule has 0 bridgehead atoms. The molecule has 1 unspecified atom stereocenters. The number of benzene rings is 1. The maximum atomic E-state index is 12.5. The molecule has 2 N–H and O–H groups in total. The van der Waals surface area contributed by atoms with E-state index in [0.29, 0.717) is 5.92 Å². The molecule has 0 heterocycles. The Morgan fingerprint density at radius 3 is 2.42 bits per heavy atom. The molecule has 0 aliphatic heterocycles. The molecule has 2 rings (SSSR count). The predicted molar refractivity (Wildman–Crippen MR) is 75.8 cm³/mol. The molecule has 3 nitrogen and oxygen atoms in total. The number of nitrogens with one attached hydrogen (secondary N) is 1. The van der Waals surface area contributed by atoms with Gasteiger partial charge in [0, 0.05) is 0 Å². The number of hydrogen-bond acceptors (Lipinski definition) is 2. The van der Waals surface area contributed by atoms with E-state index in [-0.39, 0.29) is 24.0 Å². The third kappa shape index (κ3) is 3.16. The zero-order chi connectivity index (χ0) is 13.9. The van der Waals surface area contributed by atoms with Crippen LogP contribution in [0.3, 0.4) is 0 Å². The Hall–Kier alpha value is -1.35. The maximum absolute atomic E-state index is 12.5. The van der Waals surface area contributed by atoms with Crippen LogP contribution in [-0.2, 0) is 10.2 Å². The fraction of sp³-hybridized carbons (Fsp3) is 0.562. The average molecular weight is 261 g/mol. The molecule has 1 aromatic carbocycles. The molecule has 1 atom stereocenters. The Kier molecular flexibility index (Phi) is 4.25. The van der Waals surface area contributed by atoms with Crippen molar-refractivity contribution in [3.8, 4) is 0 Å². The summed E-state index contributed by atoms with van der Waals surface area (Å²) in [5.41, 5.74) is 0.750. The number of aliphatic hydroxyl groups is 1. The van der Waals surface area contributed by atoms with E-state index < -0.39 is 0 Å². The van der Waals surface area contributed by atoms with Crippen molar-refractivity contribution in [1.82, 2.24) is 5.32 Å². The molecule has 0 radical (unpaired) electrons. The molecule has 3 heteroatoms. The summed E-state index contributed by atoms with van der Waals surface area (Å²) in [7, 11) is 0. The summed E-state index contributed by atoms with van der Waals surface area (Å²) < 4.78 is 0. The van der Waals surface area contributed by atoms with Crippen molar-refractivity contribution >= 4 is 5.91 Å². The number of amides is 1. The lowest BCUT2D eigenvalue weighted by Crippen LogP contribution is -2.44. The minimum absolute atomic E-state index is 0.00872. The van der Waals surface area contributed by atoms with E-state index in [1.54, 1.807) is 0 Å². The Balaban J connectivity index is 2.04. The fourth-order valence-corrected chi connectivity index (χ4v) is 2.60. The van der Waals surface area contributed by atoms with E-state index in [1.165, 1.54) is 0 Å². The summed E-state index contributed by atoms with van der Waals surface area (Å²) in [5, 5.41) is 12.4. The second kappa shape index (κ2) is 5.74. The largest absolute Gasteiger partial charge is 0.394 e. The molecular formula is C16H23NO2. The first-order valence-corrected chi connectivity index (χ1v) is 7.06. The van der Waals surface area contributed by atoms with Crippen LogP contribution in [0.5, 0.6) is 0 Å². The third-order valence-corrected chi connectivity index (χ3v) is 3.82. The quantitative estimate of drug-likeness (QED) is 0.825. The summed E-state index contributed by atoms with van der Waals surface area (Å²) in [4.78, 5) is 12.5. The van der Waals surface area contributed by atoms with Crippen molar-refractivity contribution in [3.63, 3.8) is 0 Å². The van der Waals surface area contributed by atoms with E-state index in [9.17, 15) is 9.90 Å². The summed E-state index contributed by atoms with van der Waals surface area (Å²) in [6.45, 7) is 4.20. The van der Waals surface area contributed by atoms with Gasteiger partial charge in [-0.3, -0.25) is 4.79 Å². The van der Waals surface area contributed by atoms with Crippen LogP contribution in [0.4, 0.5) is 0 Å². The number of carbonyl (C=O) groups is 1. The first-order chi connectivity index (χ1) is 9.08. The van der Waals surface area contributed by atoms with Crippen molar-refractivity contribution in [2.75, 3.05) is 6.61 Å². The van der Waals surface area contributed by atoms with Gasteiger partial charge in [-0.25, -0.2) is 0 Å². The second-order valence-electron chi connectivity index (χ2n) is 5.93. The Morgan fingerprint density at radius 1 is 1.32 bits per heavy atom. The molecular weight excluding hydrogens is 238 g/mol. The standard InChI is InChI=1S/C16H23NO2/c1-12(2)10-14(11-18)17-15(19)16(8-9-16)13-6-4-3-5-7-13/h3-7,12,14,18H,8-11H2,1-2H3,(H,17,19). The van der Waals surface area contributed by atoms with Gasteiger partial charge in [0.05, 0.1) is 18.1 Å². The minimum atomic E-state index is -0.342. The average Bonchev–Trinajstić information content (AvgIpc) is 3.20. The lowest BCUT2D eigenvalue weighted by molar-refractivity contribution is -0.124. The molecule has 0 saturated heterocycles. The van der Waals surface area contributed by atoms with Crippen LogP contribution in [0.15, 0.2) is 30.3 Å². The highest BCUT2D eigenvalue weighted by atomic mass is 16.3. The molecule has 1 aliphatic rings. The predicted octanol–water partition coefficient (Wildman–Crippen LogP) is 2.24. The van der Waals surface area contributed by atoms with Crippen LogP contribution in [0.1, 0.15) is 38.7 Å². The van der Waals surface area contributed by atoms with Gasteiger partial charge in [-0.2, -0.15) is 0 Å². The molecule has 104 valence electrons. The van der Waals surface area contributed by atoms with Crippen LogP contribution in [0, 0.1) is 5.92 Å². The minimum Gasteiger partial charge on any atom is -0.394 e. The zero-order valence-corrected chi connectivity index (χ0v) is 11.7. The topological polar surface area (TPSA) is 49.3 Å². The number of rotatable bonds is 6. The molecule has 1 amide bonds. The van der Waals surface area contributed by atoms with E-state index in [2.05, 4.69) is 19.2 Å². The molecule has 1 aromatic rings. The summed E-state index contributed by atoms with van der Waals surface area (Å²) >= 11 is 0. The summed E-state index contributed by atoms with van der Waals surface area (Å²) in [6, 6.07) is 9.81. The van der Waals surface area contributed by atoms with Crippen molar-refractivity contribution in [2.45, 2.75) is 44.6 Å². The second-order valence-corrected chi connectivity index (χ2v) is 5.93. The Labute approximate surface area is 115 Å². The van der Waals surface area contributed by atoms with Crippen LogP contribution >= 0.6 is 0 Å². The molecule has 1 saturated carbocycles. The van der Waals surface area contributed by atoms with E-state index in [1.807, 2.05) is 30.3 Å². The van der Waals surface area contributed by atoms with Gasteiger partial charge in [-0.05, 0) is 30.7 Å². The first-order valence-electron chi connectivity index (χ1n) is 7.06. The van der Waals surface area contributed by atoms with Gasteiger partial charge in [0.15, 0.2) is 0 Å². The monoisotopic (exact) mass is 261 g/mol. The van der Waals surface area contributed by atoms with Gasteiger partial charge in [-0.1, -0.05) is 44.2 Å². The number of carbonyl (C=O) groups excluding carboxylic acids is 1. The Bertz CT molecular complexity index is 424. The van der Waals surface area contributed by atoms with Crippen molar-refractivity contribution in [3.05, 3.63) is 35.9 Å². The molecule has 1 aliphatic carbocycles. The van der Waals surface area contributed by atoms with Crippen LogP contribution in [0.25, 0.3) is 0 Å². The van der Waals surface area contributed by atoms with Crippen molar-refractivity contribution in [2.24, 2.45) is 5.92 Å². The highest BCUT2D eigenvalue weighted by Gasteiger charge is 2.51. The smallest absolute Gasteiger partial charge is 0.230 e. The zero-order valence-electron chi connectivity index (χ0n) is 11.7.